The van der Waals surface area contributed by atoms with E-state index in [0.29, 0.717) is 37.1 Å². The lowest BCUT2D eigenvalue weighted by molar-refractivity contribution is 0.0695. The Kier molecular flexibility index (Phi) is 4.98. The summed E-state index contributed by atoms with van der Waals surface area (Å²) in [6, 6.07) is 20.2. The predicted octanol–water partition coefficient (Wildman–Crippen LogP) is 3.58. The van der Waals surface area contributed by atoms with Crippen LogP contribution < -0.4 is 5.32 Å². The second-order valence-corrected chi connectivity index (χ2v) is 7.12. The minimum absolute atomic E-state index is 0.00297. The molecule has 0 radical (unpaired) electrons. The number of piperidine rings is 1. The molecule has 5 nitrogen and oxygen atoms in total. The fraction of sp³-hybridized carbons (Fsp3) is 0.217. The van der Waals surface area contributed by atoms with Crippen LogP contribution in [-0.4, -0.2) is 41.0 Å². The van der Waals surface area contributed by atoms with Crippen molar-refractivity contribution in [1.29, 1.82) is 0 Å². The number of rotatable bonds is 3. The molecule has 1 saturated heterocycles. The van der Waals surface area contributed by atoms with Crippen LogP contribution in [0.3, 0.4) is 0 Å². The van der Waals surface area contributed by atoms with Gasteiger partial charge >= 0.3 is 0 Å². The lowest BCUT2D eigenvalue weighted by Gasteiger charge is -2.32. The summed E-state index contributed by atoms with van der Waals surface area (Å²) in [5.41, 5.74) is 0.965. The van der Waals surface area contributed by atoms with Gasteiger partial charge in [-0.2, -0.15) is 0 Å². The third-order valence-electron chi connectivity index (χ3n) is 5.25. The quantitative estimate of drug-likeness (QED) is 0.736. The van der Waals surface area contributed by atoms with Crippen molar-refractivity contribution in [2.45, 2.75) is 18.9 Å². The summed E-state index contributed by atoms with van der Waals surface area (Å²) in [5, 5.41) is 15.2. The van der Waals surface area contributed by atoms with Crippen LogP contribution >= 0.6 is 0 Å². The van der Waals surface area contributed by atoms with Crippen LogP contribution in [0.4, 0.5) is 0 Å². The van der Waals surface area contributed by atoms with E-state index >= 15 is 0 Å². The molecule has 0 spiro atoms. The molecule has 0 aliphatic carbocycles. The van der Waals surface area contributed by atoms with Gasteiger partial charge in [-0.15, -0.1) is 0 Å². The Bertz CT molecular complexity index is 1010. The molecule has 4 rings (SSSR count). The molecule has 28 heavy (non-hydrogen) atoms. The fourth-order valence-corrected chi connectivity index (χ4v) is 3.66. The highest BCUT2D eigenvalue weighted by molar-refractivity contribution is 6.01. The normalized spacial score (nSPS) is 14.8. The van der Waals surface area contributed by atoms with Gasteiger partial charge in [0.05, 0.1) is 5.56 Å². The number of fused-ring (bicyclic) bond motifs is 1. The summed E-state index contributed by atoms with van der Waals surface area (Å²) in [6.07, 6.45) is 1.39. The molecule has 0 aromatic heterocycles. The molecule has 0 atom stereocenters. The summed E-state index contributed by atoms with van der Waals surface area (Å²) >= 11 is 0. The third-order valence-corrected chi connectivity index (χ3v) is 5.25. The molecule has 0 unspecified atom stereocenters. The highest BCUT2D eigenvalue weighted by Gasteiger charge is 2.26. The zero-order valence-corrected chi connectivity index (χ0v) is 15.5. The fourth-order valence-electron chi connectivity index (χ4n) is 3.66. The van der Waals surface area contributed by atoms with Crippen LogP contribution in [0, 0.1) is 0 Å². The van der Waals surface area contributed by atoms with Crippen molar-refractivity contribution in [2.24, 2.45) is 0 Å². The first-order chi connectivity index (χ1) is 13.6. The number of aromatic hydroxyl groups is 1. The van der Waals surface area contributed by atoms with E-state index in [9.17, 15) is 14.7 Å². The van der Waals surface area contributed by atoms with Crippen LogP contribution in [0.25, 0.3) is 10.8 Å². The molecular weight excluding hydrogens is 352 g/mol. The molecule has 1 fully saturated rings. The molecule has 2 amide bonds. The van der Waals surface area contributed by atoms with Gasteiger partial charge in [0.1, 0.15) is 5.75 Å². The Labute approximate surface area is 163 Å². The second kappa shape index (κ2) is 7.72. The smallest absolute Gasteiger partial charge is 0.257 e. The van der Waals surface area contributed by atoms with Crippen molar-refractivity contribution >= 4 is 22.6 Å². The molecule has 5 heteroatoms. The number of amides is 2. The van der Waals surface area contributed by atoms with Crippen LogP contribution in [0.5, 0.6) is 5.75 Å². The van der Waals surface area contributed by atoms with E-state index in [0.717, 1.165) is 10.8 Å². The van der Waals surface area contributed by atoms with E-state index < -0.39 is 0 Å². The molecule has 1 heterocycles. The number of hydrogen-bond donors (Lipinski definition) is 2. The molecule has 3 aromatic carbocycles. The number of phenolic OH excluding ortho intramolecular Hbond substituents is 1. The zero-order valence-electron chi connectivity index (χ0n) is 15.5. The zero-order chi connectivity index (χ0) is 19.5. The van der Waals surface area contributed by atoms with Crippen LogP contribution in [-0.2, 0) is 0 Å². The second-order valence-electron chi connectivity index (χ2n) is 7.12. The molecule has 0 saturated carbocycles. The number of nitrogens with one attached hydrogen (secondary N) is 1. The molecule has 142 valence electrons. The number of nitrogens with zero attached hydrogens (tertiary/aromatic N) is 1. The Morgan fingerprint density at radius 2 is 1.50 bits per heavy atom. The number of hydrogen-bond acceptors (Lipinski definition) is 3. The third kappa shape index (κ3) is 3.69. The topological polar surface area (TPSA) is 69.6 Å². The number of carbonyl (C=O) groups excluding carboxylic acids is 2. The van der Waals surface area contributed by atoms with Gasteiger partial charge in [0, 0.05) is 24.7 Å². The number of benzene rings is 3. The molecular formula is C23H22N2O3. The van der Waals surface area contributed by atoms with Crippen LogP contribution in [0.1, 0.15) is 33.6 Å². The summed E-state index contributed by atoms with van der Waals surface area (Å²) in [5.74, 6) is -0.253. The lowest BCUT2D eigenvalue weighted by Crippen LogP contribution is -2.46. The Morgan fingerprint density at radius 3 is 2.18 bits per heavy atom. The van der Waals surface area contributed by atoms with Crippen molar-refractivity contribution in [3.05, 3.63) is 77.9 Å². The van der Waals surface area contributed by atoms with E-state index in [1.165, 1.54) is 0 Å². The maximum atomic E-state index is 12.9. The average Bonchev–Trinajstić information content (AvgIpc) is 2.74. The van der Waals surface area contributed by atoms with E-state index in [-0.39, 0.29) is 23.6 Å². The van der Waals surface area contributed by atoms with Gasteiger partial charge in [0.25, 0.3) is 11.8 Å². The summed E-state index contributed by atoms with van der Waals surface area (Å²) in [7, 11) is 0. The van der Waals surface area contributed by atoms with Gasteiger partial charge in [0.15, 0.2) is 0 Å². The molecule has 0 bridgehead atoms. The van der Waals surface area contributed by atoms with Gasteiger partial charge in [-0.3, -0.25) is 9.59 Å². The Balaban J connectivity index is 1.40. The minimum atomic E-state index is -0.170. The lowest BCUT2D eigenvalue weighted by atomic mass is 10.0. The highest BCUT2D eigenvalue weighted by atomic mass is 16.3. The van der Waals surface area contributed by atoms with Gasteiger partial charge in [-0.25, -0.2) is 0 Å². The van der Waals surface area contributed by atoms with Crippen molar-refractivity contribution in [3.63, 3.8) is 0 Å². The standard InChI is InChI=1S/C23H22N2O3/c26-21-15-18-9-5-4-8-17(18)14-20(21)23(28)25-12-10-19(11-13-25)24-22(27)16-6-2-1-3-7-16/h1-9,14-15,19,26H,10-13H2,(H,24,27). The maximum absolute atomic E-state index is 12.9. The van der Waals surface area contributed by atoms with Gasteiger partial charge < -0.3 is 15.3 Å². The van der Waals surface area contributed by atoms with Crippen molar-refractivity contribution in [3.8, 4) is 5.75 Å². The molecule has 2 N–H and O–H groups in total. The Hall–Kier alpha value is -3.34. The molecule has 1 aliphatic rings. The van der Waals surface area contributed by atoms with E-state index in [4.69, 9.17) is 0 Å². The van der Waals surface area contributed by atoms with Gasteiger partial charge in [0.2, 0.25) is 0 Å². The molecule has 3 aromatic rings. The number of likely N-dealkylation sites (tertiary alicyclic amines) is 1. The Morgan fingerprint density at radius 1 is 0.893 bits per heavy atom. The summed E-state index contributed by atoms with van der Waals surface area (Å²) < 4.78 is 0. The van der Waals surface area contributed by atoms with E-state index in [1.54, 1.807) is 29.2 Å². The van der Waals surface area contributed by atoms with Crippen molar-refractivity contribution in [2.75, 3.05) is 13.1 Å². The van der Waals surface area contributed by atoms with Crippen LogP contribution in [0.2, 0.25) is 0 Å². The molecule has 1 aliphatic heterocycles. The monoisotopic (exact) mass is 374 g/mol. The van der Waals surface area contributed by atoms with Crippen molar-refractivity contribution < 1.29 is 14.7 Å². The van der Waals surface area contributed by atoms with Gasteiger partial charge in [-0.05, 0) is 47.9 Å². The minimum Gasteiger partial charge on any atom is -0.507 e. The largest absolute Gasteiger partial charge is 0.507 e. The van der Waals surface area contributed by atoms with Crippen LogP contribution in [0.15, 0.2) is 66.7 Å². The van der Waals surface area contributed by atoms with Gasteiger partial charge in [-0.1, -0.05) is 42.5 Å². The average molecular weight is 374 g/mol. The van der Waals surface area contributed by atoms with Crippen molar-refractivity contribution in [1.82, 2.24) is 10.2 Å². The maximum Gasteiger partial charge on any atom is 0.257 e. The SMILES string of the molecule is O=C(NC1CCN(C(=O)c2cc3ccccc3cc2O)CC1)c1ccccc1. The first-order valence-corrected chi connectivity index (χ1v) is 9.49. The predicted molar refractivity (Wildman–Crippen MR) is 108 cm³/mol. The highest BCUT2D eigenvalue weighted by Crippen LogP contribution is 2.27. The first-order valence-electron chi connectivity index (χ1n) is 9.49. The summed E-state index contributed by atoms with van der Waals surface area (Å²) in [6.45, 7) is 1.09. The van der Waals surface area contributed by atoms with E-state index in [1.807, 2.05) is 42.5 Å². The number of phenols is 1. The summed E-state index contributed by atoms with van der Waals surface area (Å²) in [4.78, 5) is 26.9. The number of carbonyl (C=O) groups is 2. The first kappa shape index (κ1) is 18.0. The van der Waals surface area contributed by atoms with E-state index in [2.05, 4.69) is 5.32 Å².